The molecule has 0 saturated carbocycles. The number of carbonyl (C=O) groups excluding carboxylic acids is 1. The van der Waals surface area contributed by atoms with E-state index in [2.05, 4.69) is 0 Å². The predicted molar refractivity (Wildman–Crippen MR) is 66.0 cm³/mol. The largest absolute Gasteiger partial charge is 0.454 e. The van der Waals surface area contributed by atoms with Gasteiger partial charge < -0.3 is 25.2 Å². The summed E-state index contributed by atoms with van der Waals surface area (Å²) in [7, 11) is 0. The zero-order valence-corrected chi connectivity index (χ0v) is 10.5. The Labute approximate surface area is 113 Å². The van der Waals surface area contributed by atoms with Crippen molar-refractivity contribution in [1.29, 1.82) is 0 Å². The molecule has 0 fully saturated rings. The van der Waals surface area contributed by atoms with Crippen LogP contribution in [0.1, 0.15) is 10.4 Å². The molecule has 20 heavy (non-hydrogen) atoms. The van der Waals surface area contributed by atoms with Crippen LogP contribution < -0.4 is 15.2 Å². The number of halogens is 2. The summed E-state index contributed by atoms with van der Waals surface area (Å²) in [5.41, 5.74) is 5.88. The monoisotopic (exact) mass is 288 g/mol. The van der Waals surface area contributed by atoms with Crippen molar-refractivity contribution in [3.05, 3.63) is 17.7 Å². The molecule has 0 unspecified atom stereocenters. The summed E-state index contributed by atoms with van der Waals surface area (Å²) in [6.07, 6.45) is -2.69. The average molecular weight is 288 g/mol. The number of anilines is 1. The maximum absolute atomic E-state index is 12.5. The van der Waals surface area contributed by atoms with Crippen molar-refractivity contribution in [3.8, 4) is 11.5 Å². The molecule has 1 amide bonds. The summed E-state index contributed by atoms with van der Waals surface area (Å²) in [4.78, 5) is 13.0. The number of nitrogens with zero attached hydrogens (tertiary/aromatic N) is 1. The van der Waals surface area contributed by atoms with Crippen LogP contribution in [0.15, 0.2) is 12.1 Å². The minimum absolute atomic E-state index is 0.0177. The first-order valence-corrected chi connectivity index (χ1v) is 5.90. The second-order valence-electron chi connectivity index (χ2n) is 4.16. The van der Waals surface area contributed by atoms with Crippen LogP contribution in [0.5, 0.6) is 11.5 Å². The number of carbonyl (C=O) groups is 1. The molecular formula is C12H14F2N2O4. The molecule has 0 atom stereocenters. The third kappa shape index (κ3) is 2.90. The van der Waals surface area contributed by atoms with Crippen molar-refractivity contribution >= 4 is 11.6 Å². The Morgan fingerprint density at radius 3 is 2.65 bits per heavy atom. The molecule has 1 aromatic carbocycles. The van der Waals surface area contributed by atoms with Gasteiger partial charge in [-0.2, -0.15) is 0 Å². The molecule has 0 radical (unpaired) electrons. The van der Waals surface area contributed by atoms with Crippen molar-refractivity contribution in [2.45, 2.75) is 6.43 Å². The van der Waals surface area contributed by atoms with Crippen LogP contribution in [-0.4, -0.2) is 48.8 Å². The molecule has 3 N–H and O–H groups in total. The fourth-order valence-corrected chi connectivity index (χ4v) is 1.88. The number of aliphatic hydroxyl groups excluding tert-OH is 1. The van der Waals surface area contributed by atoms with Crippen molar-refractivity contribution in [1.82, 2.24) is 4.90 Å². The number of benzene rings is 1. The van der Waals surface area contributed by atoms with Gasteiger partial charge in [-0.05, 0) is 6.07 Å². The Hall–Kier alpha value is -2.09. The van der Waals surface area contributed by atoms with Crippen LogP contribution in [0.2, 0.25) is 0 Å². The first-order valence-electron chi connectivity index (χ1n) is 5.90. The highest BCUT2D eigenvalue weighted by Crippen LogP contribution is 2.36. The Kier molecular flexibility index (Phi) is 4.23. The topological polar surface area (TPSA) is 85.0 Å². The minimum Gasteiger partial charge on any atom is -0.454 e. The van der Waals surface area contributed by atoms with Gasteiger partial charge in [-0.1, -0.05) is 0 Å². The van der Waals surface area contributed by atoms with Crippen molar-refractivity contribution in [3.63, 3.8) is 0 Å². The third-order valence-corrected chi connectivity index (χ3v) is 2.79. The number of ether oxygens (including phenoxy) is 2. The SMILES string of the molecule is Nc1cc2c(cc1C(=O)N(CCO)CC(F)F)OCO2. The second kappa shape index (κ2) is 5.91. The predicted octanol–water partition coefficient (Wildman–Crippen LogP) is 0.697. The maximum Gasteiger partial charge on any atom is 0.256 e. The fourth-order valence-electron chi connectivity index (χ4n) is 1.88. The van der Waals surface area contributed by atoms with E-state index < -0.39 is 25.5 Å². The van der Waals surface area contributed by atoms with Crippen LogP contribution in [0.3, 0.4) is 0 Å². The summed E-state index contributed by atoms with van der Waals surface area (Å²) >= 11 is 0. The van der Waals surface area contributed by atoms with E-state index >= 15 is 0 Å². The lowest BCUT2D eigenvalue weighted by molar-refractivity contribution is 0.0510. The third-order valence-electron chi connectivity index (χ3n) is 2.79. The lowest BCUT2D eigenvalue weighted by atomic mass is 10.1. The van der Waals surface area contributed by atoms with E-state index in [0.717, 1.165) is 4.90 Å². The number of hydrogen-bond acceptors (Lipinski definition) is 5. The quantitative estimate of drug-likeness (QED) is 0.779. The number of fused-ring (bicyclic) bond motifs is 1. The van der Waals surface area contributed by atoms with Crippen LogP contribution >= 0.6 is 0 Å². The van der Waals surface area contributed by atoms with Gasteiger partial charge in [-0.25, -0.2) is 8.78 Å². The minimum atomic E-state index is -2.69. The van der Waals surface area contributed by atoms with Crippen LogP contribution in [-0.2, 0) is 0 Å². The number of alkyl halides is 2. The molecule has 0 aliphatic carbocycles. The Morgan fingerprint density at radius 2 is 2.05 bits per heavy atom. The highest BCUT2D eigenvalue weighted by Gasteiger charge is 2.24. The normalized spacial score (nSPS) is 12.8. The maximum atomic E-state index is 12.5. The van der Waals surface area contributed by atoms with Gasteiger partial charge in [0.25, 0.3) is 12.3 Å². The van der Waals surface area contributed by atoms with Gasteiger partial charge in [0.15, 0.2) is 11.5 Å². The van der Waals surface area contributed by atoms with E-state index in [4.69, 9.17) is 20.3 Å². The molecule has 0 saturated heterocycles. The van der Waals surface area contributed by atoms with E-state index in [-0.39, 0.29) is 24.6 Å². The van der Waals surface area contributed by atoms with Crippen LogP contribution in [0.25, 0.3) is 0 Å². The van der Waals surface area contributed by atoms with Gasteiger partial charge in [0, 0.05) is 18.3 Å². The van der Waals surface area contributed by atoms with Crippen molar-refractivity contribution in [2.24, 2.45) is 0 Å². The summed E-state index contributed by atoms with van der Waals surface area (Å²) < 4.78 is 35.1. The summed E-state index contributed by atoms with van der Waals surface area (Å²) in [5, 5.41) is 8.85. The van der Waals surface area contributed by atoms with E-state index in [1.54, 1.807) is 0 Å². The number of hydrogen-bond donors (Lipinski definition) is 2. The molecular weight excluding hydrogens is 274 g/mol. The number of aliphatic hydroxyl groups is 1. The van der Waals surface area contributed by atoms with Gasteiger partial charge in [-0.3, -0.25) is 4.79 Å². The molecule has 110 valence electrons. The Morgan fingerprint density at radius 1 is 1.40 bits per heavy atom. The lowest BCUT2D eigenvalue weighted by Crippen LogP contribution is -2.37. The standard InChI is InChI=1S/C12H14F2N2O4/c13-11(14)5-16(1-2-17)12(18)7-3-9-10(4-8(7)15)20-6-19-9/h3-4,11,17H,1-2,5-6,15H2. The number of amides is 1. The van der Waals surface area contributed by atoms with Gasteiger partial charge in [0.2, 0.25) is 6.79 Å². The first-order chi connectivity index (χ1) is 9.52. The molecule has 1 heterocycles. The number of nitrogen functional groups attached to an aromatic ring is 1. The smallest absolute Gasteiger partial charge is 0.256 e. The van der Waals surface area contributed by atoms with E-state index in [9.17, 15) is 13.6 Å². The van der Waals surface area contributed by atoms with Crippen LogP contribution in [0.4, 0.5) is 14.5 Å². The van der Waals surface area contributed by atoms with E-state index in [0.29, 0.717) is 11.5 Å². The molecule has 0 aromatic heterocycles. The van der Waals surface area contributed by atoms with Gasteiger partial charge in [0.05, 0.1) is 18.7 Å². The van der Waals surface area contributed by atoms with Crippen LogP contribution in [0, 0.1) is 0 Å². The van der Waals surface area contributed by atoms with E-state index in [1.807, 2.05) is 0 Å². The highest BCUT2D eigenvalue weighted by molar-refractivity contribution is 6.00. The number of nitrogens with two attached hydrogens (primary N) is 1. The van der Waals surface area contributed by atoms with Gasteiger partial charge in [0.1, 0.15) is 0 Å². The highest BCUT2D eigenvalue weighted by atomic mass is 19.3. The summed E-state index contributed by atoms with van der Waals surface area (Å²) in [5.74, 6) is 0.0558. The van der Waals surface area contributed by atoms with Gasteiger partial charge >= 0.3 is 0 Å². The zero-order chi connectivity index (χ0) is 14.7. The Bertz CT molecular complexity index is 510. The number of rotatable bonds is 5. The van der Waals surface area contributed by atoms with E-state index in [1.165, 1.54) is 12.1 Å². The molecule has 0 spiro atoms. The average Bonchev–Trinajstić information content (AvgIpc) is 2.83. The molecule has 1 aliphatic rings. The molecule has 1 aliphatic heterocycles. The molecule has 8 heteroatoms. The molecule has 0 bridgehead atoms. The summed E-state index contributed by atoms with van der Waals surface area (Å²) in [6, 6.07) is 2.77. The Balaban J connectivity index is 2.26. The van der Waals surface area contributed by atoms with Gasteiger partial charge in [-0.15, -0.1) is 0 Å². The second-order valence-corrected chi connectivity index (χ2v) is 4.16. The molecule has 2 rings (SSSR count). The first kappa shape index (κ1) is 14.3. The summed E-state index contributed by atoms with van der Waals surface area (Å²) in [6.45, 7) is -1.36. The fraction of sp³-hybridized carbons (Fsp3) is 0.417. The zero-order valence-electron chi connectivity index (χ0n) is 10.5. The van der Waals surface area contributed by atoms with Crippen molar-refractivity contribution in [2.75, 3.05) is 32.2 Å². The molecule has 6 nitrogen and oxygen atoms in total. The lowest BCUT2D eigenvalue weighted by Gasteiger charge is -2.22. The molecule has 1 aromatic rings. The van der Waals surface area contributed by atoms with Crippen molar-refractivity contribution < 1.29 is 28.2 Å².